The largest absolute Gasteiger partial charge is 0.393 e. The minimum Gasteiger partial charge on any atom is -0.393 e. The molecule has 2 aliphatic rings. The number of hydrogen-bond acceptors (Lipinski definition) is 1. The molecule has 0 aromatic heterocycles. The van der Waals surface area contributed by atoms with E-state index in [4.69, 9.17) is 0 Å². The van der Waals surface area contributed by atoms with Gasteiger partial charge in [-0.3, -0.25) is 0 Å². The Balaban J connectivity index is 2.00. The van der Waals surface area contributed by atoms with Gasteiger partial charge in [0.15, 0.2) is 0 Å². The quantitative estimate of drug-likeness (QED) is 0.589. The van der Waals surface area contributed by atoms with Crippen LogP contribution in [0.3, 0.4) is 0 Å². The molecule has 3 atom stereocenters. The lowest BCUT2D eigenvalue weighted by molar-refractivity contribution is 0.0289. The first-order valence-corrected chi connectivity index (χ1v) is 5.56. The van der Waals surface area contributed by atoms with E-state index in [0.717, 1.165) is 12.3 Å². The summed E-state index contributed by atoms with van der Waals surface area (Å²) in [6, 6.07) is 0. The van der Waals surface area contributed by atoms with Crippen molar-refractivity contribution in [2.24, 2.45) is 11.8 Å². The van der Waals surface area contributed by atoms with E-state index in [1.54, 1.807) is 0 Å². The van der Waals surface area contributed by atoms with Crippen LogP contribution in [0.2, 0.25) is 0 Å². The Labute approximate surface area is 75.2 Å². The molecule has 1 heteroatoms. The summed E-state index contributed by atoms with van der Waals surface area (Å²) in [5.41, 5.74) is 0. The first-order chi connectivity index (χ1) is 5.88. The van der Waals surface area contributed by atoms with Gasteiger partial charge in [-0.1, -0.05) is 32.1 Å². The SMILES string of the molecule is OC1CCC[C@@H]2CCCCC[C@H]12. The van der Waals surface area contributed by atoms with Gasteiger partial charge in [-0.15, -0.1) is 0 Å². The molecule has 0 aromatic carbocycles. The Hall–Kier alpha value is -0.0400. The summed E-state index contributed by atoms with van der Waals surface area (Å²) < 4.78 is 0. The van der Waals surface area contributed by atoms with Crippen LogP contribution in [0.5, 0.6) is 0 Å². The monoisotopic (exact) mass is 168 g/mol. The third kappa shape index (κ3) is 1.66. The Morgan fingerprint density at radius 3 is 2.42 bits per heavy atom. The Bertz CT molecular complexity index is 144. The van der Waals surface area contributed by atoms with Crippen LogP contribution in [0.25, 0.3) is 0 Å². The van der Waals surface area contributed by atoms with Gasteiger partial charge in [0, 0.05) is 0 Å². The summed E-state index contributed by atoms with van der Waals surface area (Å²) in [6.45, 7) is 0. The van der Waals surface area contributed by atoms with Gasteiger partial charge in [-0.05, 0) is 31.1 Å². The molecule has 0 aliphatic heterocycles. The van der Waals surface area contributed by atoms with Crippen LogP contribution in [0.1, 0.15) is 51.4 Å². The number of aliphatic hydroxyl groups excluding tert-OH is 1. The fraction of sp³-hybridized carbons (Fsp3) is 1.00. The van der Waals surface area contributed by atoms with E-state index in [9.17, 15) is 5.11 Å². The van der Waals surface area contributed by atoms with E-state index < -0.39 is 0 Å². The maximum Gasteiger partial charge on any atom is 0.0571 e. The molecule has 2 saturated carbocycles. The van der Waals surface area contributed by atoms with Crippen LogP contribution >= 0.6 is 0 Å². The standard InChI is InChI=1S/C11H20O/c12-11-8-4-6-9-5-2-1-3-7-10(9)11/h9-12H,1-8H2/t9-,10-,11?/m0/s1. The highest BCUT2D eigenvalue weighted by Crippen LogP contribution is 2.39. The minimum absolute atomic E-state index is 0.0434. The zero-order valence-electron chi connectivity index (χ0n) is 7.84. The van der Waals surface area contributed by atoms with Gasteiger partial charge >= 0.3 is 0 Å². The van der Waals surface area contributed by atoms with Gasteiger partial charge in [0.2, 0.25) is 0 Å². The molecule has 2 rings (SSSR count). The molecule has 12 heavy (non-hydrogen) atoms. The lowest BCUT2D eigenvalue weighted by atomic mass is 9.75. The molecule has 0 heterocycles. The van der Waals surface area contributed by atoms with Crippen molar-refractivity contribution >= 4 is 0 Å². The summed E-state index contributed by atoms with van der Waals surface area (Å²) in [4.78, 5) is 0. The van der Waals surface area contributed by atoms with Crippen molar-refractivity contribution in [3.63, 3.8) is 0 Å². The van der Waals surface area contributed by atoms with Gasteiger partial charge in [-0.25, -0.2) is 0 Å². The van der Waals surface area contributed by atoms with Crippen LogP contribution in [-0.2, 0) is 0 Å². The maximum atomic E-state index is 9.83. The lowest BCUT2D eigenvalue weighted by Gasteiger charge is -2.34. The van der Waals surface area contributed by atoms with E-state index in [0.29, 0.717) is 5.92 Å². The molecular formula is C11H20O. The molecule has 1 N–H and O–H groups in total. The normalized spacial score (nSPS) is 43.2. The van der Waals surface area contributed by atoms with Crippen molar-refractivity contribution < 1.29 is 5.11 Å². The number of hydrogen-bond donors (Lipinski definition) is 1. The third-order valence-electron chi connectivity index (χ3n) is 3.79. The third-order valence-corrected chi connectivity index (χ3v) is 3.79. The highest BCUT2D eigenvalue weighted by atomic mass is 16.3. The summed E-state index contributed by atoms with van der Waals surface area (Å²) >= 11 is 0. The Morgan fingerprint density at radius 2 is 1.50 bits per heavy atom. The van der Waals surface area contributed by atoms with Crippen LogP contribution in [0.4, 0.5) is 0 Å². The van der Waals surface area contributed by atoms with Crippen LogP contribution in [0, 0.1) is 11.8 Å². The molecule has 2 fully saturated rings. The highest BCUT2D eigenvalue weighted by molar-refractivity contribution is 4.83. The molecule has 0 saturated heterocycles. The number of aliphatic hydroxyl groups is 1. The molecule has 1 nitrogen and oxygen atoms in total. The van der Waals surface area contributed by atoms with Crippen molar-refractivity contribution in [1.29, 1.82) is 0 Å². The molecule has 0 aromatic rings. The summed E-state index contributed by atoms with van der Waals surface area (Å²) in [5, 5.41) is 9.83. The van der Waals surface area contributed by atoms with Gasteiger partial charge < -0.3 is 5.11 Å². The van der Waals surface area contributed by atoms with E-state index in [2.05, 4.69) is 0 Å². The molecule has 70 valence electrons. The first kappa shape index (κ1) is 8.55. The fourth-order valence-electron chi connectivity index (χ4n) is 3.08. The van der Waals surface area contributed by atoms with Crippen molar-refractivity contribution in [2.75, 3.05) is 0 Å². The summed E-state index contributed by atoms with van der Waals surface area (Å²) in [5.74, 6) is 1.54. The van der Waals surface area contributed by atoms with E-state index in [-0.39, 0.29) is 6.10 Å². The van der Waals surface area contributed by atoms with Crippen molar-refractivity contribution in [2.45, 2.75) is 57.5 Å². The average Bonchev–Trinajstić information content (AvgIpc) is 2.30. The van der Waals surface area contributed by atoms with E-state index >= 15 is 0 Å². The van der Waals surface area contributed by atoms with E-state index in [1.165, 1.54) is 44.9 Å². The van der Waals surface area contributed by atoms with Crippen LogP contribution in [0.15, 0.2) is 0 Å². The molecule has 0 amide bonds. The number of rotatable bonds is 0. The zero-order chi connectivity index (χ0) is 8.39. The van der Waals surface area contributed by atoms with Gasteiger partial charge in [0.25, 0.3) is 0 Å². The van der Waals surface area contributed by atoms with Crippen LogP contribution < -0.4 is 0 Å². The second kappa shape index (κ2) is 3.78. The zero-order valence-corrected chi connectivity index (χ0v) is 7.84. The maximum absolute atomic E-state index is 9.83. The van der Waals surface area contributed by atoms with Crippen LogP contribution in [-0.4, -0.2) is 11.2 Å². The molecule has 0 spiro atoms. The smallest absolute Gasteiger partial charge is 0.0571 e. The molecular weight excluding hydrogens is 148 g/mol. The summed E-state index contributed by atoms with van der Waals surface area (Å²) in [6.07, 6.45) is 10.6. The highest BCUT2D eigenvalue weighted by Gasteiger charge is 2.32. The summed E-state index contributed by atoms with van der Waals surface area (Å²) in [7, 11) is 0. The van der Waals surface area contributed by atoms with Crippen molar-refractivity contribution in [3.8, 4) is 0 Å². The van der Waals surface area contributed by atoms with Crippen molar-refractivity contribution in [3.05, 3.63) is 0 Å². The van der Waals surface area contributed by atoms with Gasteiger partial charge in [-0.2, -0.15) is 0 Å². The van der Waals surface area contributed by atoms with E-state index in [1.807, 2.05) is 0 Å². The van der Waals surface area contributed by atoms with Gasteiger partial charge in [0.1, 0.15) is 0 Å². The second-order valence-electron chi connectivity index (χ2n) is 4.56. The Kier molecular flexibility index (Phi) is 2.69. The molecule has 0 radical (unpaired) electrons. The molecule has 0 bridgehead atoms. The lowest BCUT2D eigenvalue weighted by Crippen LogP contribution is -2.31. The topological polar surface area (TPSA) is 20.2 Å². The minimum atomic E-state index is 0.0434. The predicted molar refractivity (Wildman–Crippen MR) is 49.9 cm³/mol. The fourth-order valence-corrected chi connectivity index (χ4v) is 3.08. The molecule has 1 unspecified atom stereocenters. The number of fused-ring (bicyclic) bond motifs is 1. The van der Waals surface area contributed by atoms with Crippen molar-refractivity contribution in [1.82, 2.24) is 0 Å². The second-order valence-corrected chi connectivity index (χ2v) is 4.56. The first-order valence-electron chi connectivity index (χ1n) is 5.56. The van der Waals surface area contributed by atoms with Gasteiger partial charge in [0.05, 0.1) is 6.10 Å². The Morgan fingerprint density at radius 1 is 0.750 bits per heavy atom. The average molecular weight is 168 g/mol. The predicted octanol–water partition coefficient (Wildman–Crippen LogP) is 2.73. The molecule has 2 aliphatic carbocycles.